The Bertz CT molecular complexity index is 870. The molecule has 0 aromatic heterocycles. The second-order valence-electron chi connectivity index (χ2n) is 8.09. The van der Waals surface area contributed by atoms with E-state index in [1.807, 2.05) is 0 Å². The molecule has 2 aromatic rings. The van der Waals surface area contributed by atoms with Gasteiger partial charge in [0.1, 0.15) is 5.75 Å². The number of nitrogens with one attached hydrogen (secondary N) is 1. The number of nitrogens with zero attached hydrogens (tertiary/aromatic N) is 1. The van der Waals surface area contributed by atoms with E-state index in [0.29, 0.717) is 17.4 Å². The Balaban J connectivity index is 1.81. The van der Waals surface area contributed by atoms with Gasteiger partial charge < -0.3 is 4.74 Å². The number of hydrogen-bond donors (Lipinski definition) is 1. The highest BCUT2D eigenvalue weighted by Gasteiger charge is 2.48. The first-order valence-electron chi connectivity index (χ1n) is 11.2. The maximum atomic E-state index is 14.2. The van der Waals surface area contributed by atoms with Crippen LogP contribution in [0.5, 0.6) is 5.75 Å². The Morgan fingerprint density at radius 1 is 1.03 bits per heavy atom. The van der Waals surface area contributed by atoms with Crippen molar-refractivity contribution in [3.63, 3.8) is 0 Å². The van der Waals surface area contributed by atoms with Crippen LogP contribution in [-0.2, 0) is 4.79 Å². The highest BCUT2D eigenvalue weighted by molar-refractivity contribution is 5.88. The minimum atomic E-state index is -4.57. The van der Waals surface area contributed by atoms with Crippen LogP contribution in [0.25, 0.3) is 10.8 Å². The number of hydrazine groups is 1. The predicted octanol–water partition coefficient (Wildman–Crippen LogP) is 6.31. The fourth-order valence-corrected chi connectivity index (χ4v) is 4.11. The molecule has 31 heavy (non-hydrogen) atoms. The third kappa shape index (κ3) is 6.12. The lowest BCUT2D eigenvalue weighted by Crippen LogP contribution is -2.43. The Labute approximate surface area is 181 Å². The Morgan fingerprint density at radius 2 is 1.74 bits per heavy atom. The van der Waals surface area contributed by atoms with Gasteiger partial charge in [-0.05, 0) is 23.3 Å². The summed E-state index contributed by atoms with van der Waals surface area (Å²) in [7, 11) is 0. The minimum Gasteiger partial charge on any atom is -0.493 e. The average Bonchev–Trinajstić information content (AvgIpc) is 3.15. The van der Waals surface area contributed by atoms with E-state index in [9.17, 15) is 18.0 Å². The summed E-state index contributed by atoms with van der Waals surface area (Å²) in [5.74, 6) is -0.173. The summed E-state index contributed by atoms with van der Waals surface area (Å²) in [6.07, 6.45) is 3.23. The molecule has 0 unspecified atom stereocenters. The first kappa shape index (κ1) is 23.4. The Hall–Kier alpha value is -2.28. The van der Waals surface area contributed by atoms with Crippen LogP contribution in [0, 0.1) is 0 Å². The SMILES string of the molecule is CCCCCCCCCOc1ccc2ccccc2c1[C@H](N1CCC(=O)N1)C(F)(F)F. The molecular weight excluding hydrogens is 405 g/mol. The predicted molar refractivity (Wildman–Crippen MR) is 116 cm³/mol. The third-order valence-electron chi connectivity index (χ3n) is 5.68. The van der Waals surface area contributed by atoms with E-state index < -0.39 is 18.1 Å². The van der Waals surface area contributed by atoms with Gasteiger partial charge in [-0.15, -0.1) is 0 Å². The topological polar surface area (TPSA) is 41.6 Å². The summed E-state index contributed by atoms with van der Waals surface area (Å²) < 4.78 is 48.6. The van der Waals surface area contributed by atoms with Crippen molar-refractivity contribution in [3.05, 3.63) is 42.0 Å². The van der Waals surface area contributed by atoms with E-state index in [2.05, 4.69) is 12.3 Å². The number of unbranched alkanes of at least 4 members (excludes halogenated alkanes) is 6. The molecular formula is C24H31F3N2O2. The lowest BCUT2D eigenvalue weighted by molar-refractivity contribution is -0.191. The second kappa shape index (κ2) is 10.8. The number of halogens is 3. The largest absolute Gasteiger partial charge is 0.493 e. The number of alkyl halides is 3. The first-order valence-corrected chi connectivity index (χ1v) is 11.2. The summed E-state index contributed by atoms with van der Waals surface area (Å²) in [6, 6.07) is 8.43. The van der Waals surface area contributed by atoms with Gasteiger partial charge in [0.15, 0.2) is 6.04 Å². The van der Waals surface area contributed by atoms with Gasteiger partial charge in [-0.25, -0.2) is 5.01 Å². The number of amides is 1. The zero-order chi connectivity index (χ0) is 22.3. The molecule has 2 aromatic carbocycles. The summed E-state index contributed by atoms with van der Waals surface area (Å²) in [6.45, 7) is 2.55. The third-order valence-corrected chi connectivity index (χ3v) is 5.68. The zero-order valence-corrected chi connectivity index (χ0v) is 18.0. The molecule has 7 heteroatoms. The summed E-state index contributed by atoms with van der Waals surface area (Å²) in [4.78, 5) is 11.7. The zero-order valence-electron chi connectivity index (χ0n) is 18.0. The van der Waals surface area contributed by atoms with Crippen molar-refractivity contribution in [2.45, 2.75) is 70.5 Å². The van der Waals surface area contributed by atoms with Crippen molar-refractivity contribution in [1.82, 2.24) is 10.4 Å². The number of rotatable bonds is 11. The number of carbonyl (C=O) groups excluding carboxylic acids is 1. The van der Waals surface area contributed by atoms with E-state index in [4.69, 9.17) is 4.74 Å². The van der Waals surface area contributed by atoms with Crippen LogP contribution >= 0.6 is 0 Å². The molecule has 0 aliphatic carbocycles. The highest BCUT2D eigenvalue weighted by atomic mass is 19.4. The minimum absolute atomic E-state index is 0.00340. The van der Waals surface area contributed by atoms with E-state index in [1.165, 1.54) is 25.7 Å². The molecule has 1 heterocycles. The van der Waals surface area contributed by atoms with Gasteiger partial charge in [0.25, 0.3) is 0 Å². The number of hydrogen-bond acceptors (Lipinski definition) is 3. The molecule has 1 aliphatic rings. The maximum absolute atomic E-state index is 14.2. The number of fused-ring (bicyclic) bond motifs is 1. The van der Waals surface area contributed by atoms with Gasteiger partial charge in [0, 0.05) is 18.5 Å². The van der Waals surface area contributed by atoms with E-state index >= 15 is 0 Å². The molecule has 0 saturated carbocycles. The molecule has 170 valence electrons. The molecule has 1 aliphatic heterocycles. The van der Waals surface area contributed by atoms with Crippen LogP contribution in [0.15, 0.2) is 36.4 Å². The maximum Gasteiger partial charge on any atom is 0.410 e. The van der Waals surface area contributed by atoms with Gasteiger partial charge in [-0.2, -0.15) is 13.2 Å². The summed E-state index contributed by atoms with van der Waals surface area (Å²) >= 11 is 0. The van der Waals surface area contributed by atoms with Crippen molar-refractivity contribution < 1.29 is 22.7 Å². The van der Waals surface area contributed by atoms with Crippen molar-refractivity contribution in [2.24, 2.45) is 0 Å². The number of carbonyl (C=O) groups is 1. The quantitative estimate of drug-likeness (QED) is 0.420. The van der Waals surface area contributed by atoms with Crippen LogP contribution in [0.3, 0.4) is 0 Å². The molecule has 0 bridgehead atoms. The molecule has 0 spiro atoms. The van der Waals surface area contributed by atoms with Crippen LogP contribution in [-0.4, -0.2) is 30.2 Å². The molecule has 1 fully saturated rings. The van der Waals surface area contributed by atoms with Gasteiger partial charge in [0.2, 0.25) is 5.91 Å². The average molecular weight is 437 g/mol. The van der Waals surface area contributed by atoms with Crippen molar-refractivity contribution in [1.29, 1.82) is 0 Å². The van der Waals surface area contributed by atoms with Crippen LogP contribution in [0.2, 0.25) is 0 Å². The Kier molecular flexibility index (Phi) is 8.18. The molecule has 0 radical (unpaired) electrons. The van der Waals surface area contributed by atoms with E-state index in [0.717, 1.165) is 24.3 Å². The lowest BCUT2D eigenvalue weighted by Gasteiger charge is -2.31. The number of ether oxygens (including phenoxy) is 1. The summed E-state index contributed by atoms with van der Waals surface area (Å²) in [5.41, 5.74) is 2.44. The van der Waals surface area contributed by atoms with Gasteiger partial charge in [0.05, 0.1) is 6.61 Å². The standard InChI is InChI=1S/C24H31F3N2O2/c1-2-3-4-5-6-7-10-17-31-20-14-13-18-11-8-9-12-19(18)22(20)23(24(25,26)27)29-16-15-21(30)28-29/h8-9,11-14,23H,2-7,10,15-17H2,1H3,(H,28,30)/t23-/m0/s1. The lowest BCUT2D eigenvalue weighted by atomic mass is 9.96. The molecule has 1 N–H and O–H groups in total. The monoisotopic (exact) mass is 436 g/mol. The van der Waals surface area contributed by atoms with Crippen molar-refractivity contribution in [3.8, 4) is 5.75 Å². The van der Waals surface area contributed by atoms with E-state index in [1.54, 1.807) is 36.4 Å². The molecule has 1 amide bonds. The Morgan fingerprint density at radius 3 is 2.42 bits per heavy atom. The molecule has 4 nitrogen and oxygen atoms in total. The normalized spacial score (nSPS) is 15.9. The van der Waals surface area contributed by atoms with E-state index in [-0.39, 0.29) is 24.3 Å². The molecule has 1 atom stereocenters. The first-order chi connectivity index (χ1) is 14.9. The van der Waals surface area contributed by atoms with Crippen LogP contribution in [0.4, 0.5) is 13.2 Å². The molecule has 1 saturated heterocycles. The smallest absolute Gasteiger partial charge is 0.410 e. The fraction of sp³-hybridized carbons (Fsp3) is 0.542. The second-order valence-corrected chi connectivity index (χ2v) is 8.09. The van der Waals surface area contributed by atoms with Gasteiger partial charge in [-0.3, -0.25) is 10.2 Å². The van der Waals surface area contributed by atoms with Crippen LogP contribution in [0.1, 0.15) is 69.9 Å². The van der Waals surface area contributed by atoms with Gasteiger partial charge in [-0.1, -0.05) is 75.8 Å². The fourth-order valence-electron chi connectivity index (χ4n) is 4.11. The number of benzene rings is 2. The highest BCUT2D eigenvalue weighted by Crippen LogP contribution is 2.45. The summed E-state index contributed by atoms with van der Waals surface area (Å²) in [5, 5.41) is 2.19. The van der Waals surface area contributed by atoms with Gasteiger partial charge >= 0.3 is 6.18 Å². The van der Waals surface area contributed by atoms with Crippen LogP contribution < -0.4 is 10.2 Å². The molecule has 3 rings (SSSR count). The van der Waals surface area contributed by atoms with Crippen molar-refractivity contribution >= 4 is 16.7 Å². The van der Waals surface area contributed by atoms with Crippen molar-refractivity contribution in [2.75, 3.05) is 13.2 Å².